The highest BCUT2D eigenvalue weighted by molar-refractivity contribution is 5.92. The van der Waals surface area contributed by atoms with Gasteiger partial charge in [0.25, 0.3) is 5.91 Å². The number of imidazole rings is 1. The molecule has 1 saturated heterocycles. The molecule has 1 fully saturated rings. The topological polar surface area (TPSA) is 119 Å². The van der Waals surface area contributed by atoms with Crippen LogP contribution in [-0.4, -0.2) is 79.9 Å². The molecule has 11 nitrogen and oxygen atoms in total. The van der Waals surface area contributed by atoms with Gasteiger partial charge in [-0.1, -0.05) is 13.8 Å². The van der Waals surface area contributed by atoms with Gasteiger partial charge >= 0.3 is 18.4 Å². The minimum Gasteiger partial charge on any atom is -0.382 e. The highest BCUT2D eigenvalue weighted by atomic mass is 19.4. The number of hydrogen-bond donors (Lipinski definition) is 2. The predicted molar refractivity (Wildman–Crippen MR) is 140 cm³/mol. The molecule has 2 N–H and O–H groups in total. The number of ether oxygens (including phenoxy) is 1. The number of nitrogens with zero attached hydrogens (tertiary/aromatic N) is 6. The van der Waals surface area contributed by atoms with E-state index in [1.807, 2.05) is 5.32 Å². The molecule has 0 unspecified atom stereocenters. The second-order valence-electron chi connectivity index (χ2n) is 11.3. The predicted octanol–water partition coefficient (Wildman–Crippen LogP) is 4.60. The number of carbonyl (C=O) groups excluding carboxylic acids is 2. The molecule has 0 saturated carbocycles. The largest absolute Gasteiger partial charge is 0.410 e. The van der Waals surface area contributed by atoms with Crippen molar-refractivity contribution in [2.24, 2.45) is 5.41 Å². The Morgan fingerprint density at radius 1 is 1.19 bits per heavy atom. The number of carbonyl (C=O) groups is 2. The SMILES string of the molecule is COC[C@H](c1cnn2cc([C@H](CC(C)(C)C(F)(F)F)NC(=O)c3ccnn3C(C)C)nc2c1)N1C[C@@H](C(F)(F)F)NC1=O. The number of nitrogens with one attached hydrogen (secondary N) is 2. The number of hydrogen-bond acceptors (Lipinski definition) is 6. The lowest BCUT2D eigenvalue weighted by Gasteiger charge is -2.31. The number of urea groups is 1. The Kier molecular flexibility index (Phi) is 8.68. The van der Waals surface area contributed by atoms with Crippen LogP contribution in [0.25, 0.3) is 5.65 Å². The molecular weight excluding hydrogens is 586 g/mol. The molecule has 0 aromatic carbocycles. The smallest absolute Gasteiger partial charge is 0.382 e. The zero-order chi connectivity index (χ0) is 31.9. The second-order valence-corrected chi connectivity index (χ2v) is 11.3. The van der Waals surface area contributed by atoms with Gasteiger partial charge in [0.15, 0.2) is 5.65 Å². The summed E-state index contributed by atoms with van der Waals surface area (Å²) in [5.41, 5.74) is -1.57. The molecule has 3 atom stereocenters. The fourth-order valence-corrected chi connectivity index (χ4v) is 4.79. The number of aromatic nitrogens is 5. The van der Waals surface area contributed by atoms with Gasteiger partial charge in [0, 0.05) is 24.9 Å². The summed E-state index contributed by atoms with van der Waals surface area (Å²) in [6.45, 7) is 4.81. The van der Waals surface area contributed by atoms with Crippen molar-refractivity contribution in [2.45, 2.75) is 70.6 Å². The molecule has 4 rings (SSSR count). The Morgan fingerprint density at radius 2 is 1.88 bits per heavy atom. The van der Waals surface area contributed by atoms with Crippen LogP contribution in [0.15, 0.2) is 30.7 Å². The number of alkyl halides is 6. The summed E-state index contributed by atoms with van der Waals surface area (Å²) in [6.07, 6.45) is -5.73. The summed E-state index contributed by atoms with van der Waals surface area (Å²) in [5, 5.41) is 12.9. The van der Waals surface area contributed by atoms with Crippen LogP contribution in [0.1, 0.15) is 74.0 Å². The van der Waals surface area contributed by atoms with Crippen molar-refractivity contribution in [1.82, 2.24) is 39.9 Å². The standard InChI is InChI=1S/C26H32F6N8O3/c1-14(2)40-18(6-7-33-40)22(41)36-16(9-24(3,4)26(30,31)32)17-11-39-21(35-17)8-15(10-34-39)19(13-43-5)38-12-20(25(27,28)29)37-23(38)42/h6-8,10-11,14,16,19-20H,9,12-13H2,1-5H3,(H,36,41)(H,37,42)/t16-,19+,20-/m0/s1. The minimum absolute atomic E-state index is 0.0743. The average molecular weight is 619 g/mol. The summed E-state index contributed by atoms with van der Waals surface area (Å²) < 4.78 is 89.4. The molecule has 4 heterocycles. The van der Waals surface area contributed by atoms with E-state index in [9.17, 15) is 35.9 Å². The van der Waals surface area contributed by atoms with Gasteiger partial charge in [-0.2, -0.15) is 36.5 Å². The lowest BCUT2D eigenvalue weighted by atomic mass is 9.84. The minimum atomic E-state index is -4.65. The van der Waals surface area contributed by atoms with Crippen molar-refractivity contribution in [1.29, 1.82) is 0 Å². The lowest BCUT2D eigenvalue weighted by Crippen LogP contribution is -2.40. The van der Waals surface area contributed by atoms with Crippen LogP contribution >= 0.6 is 0 Å². The Balaban J connectivity index is 1.69. The van der Waals surface area contributed by atoms with Crippen molar-refractivity contribution >= 4 is 17.6 Å². The van der Waals surface area contributed by atoms with Crippen LogP contribution < -0.4 is 10.6 Å². The van der Waals surface area contributed by atoms with E-state index < -0.39 is 60.8 Å². The van der Waals surface area contributed by atoms with Crippen molar-refractivity contribution in [3.05, 3.63) is 47.7 Å². The van der Waals surface area contributed by atoms with E-state index in [1.165, 1.54) is 47.0 Å². The van der Waals surface area contributed by atoms with Gasteiger partial charge < -0.3 is 20.3 Å². The molecule has 0 radical (unpaired) electrons. The van der Waals surface area contributed by atoms with Crippen molar-refractivity contribution < 1.29 is 40.7 Å². The maximum absolute atomic E-state index is 13.9. The summed E-state index contributed by atoms with van der Waals surface area (Å²) in [4.78, 5) is 31.1. The van der Waals surface area contributed by atoms with Gasteiger partial charge in [0.2, 0.25) is 0 Å². The molecule has 3 aromatic heterocycles. The molecule has 236 valence electrons. The van der Waals surface area contributed by atoms with Crippen LogP contribution in [0.4, 0.5) is 31.1 Å². The first-order valence-electron chi connectivity index (χ1n) is 13.3. The molecule has 0 spiro atoms. The molecule has 3 aromatic rings. The maximum Gasteiger partial charge on any atom is 0.410 e. The zero-order valence-corrected chi connectivity index (χ0v) is 24.0. The van der Waals surface area contributed by atoms with Gasteiger partial charge in [0.1, 0.15) is 11.7 Å². The number of fused-ring (bicyclic) bond motifs is 1. The molecular formula is C26H32F6N8O3. The van der Waals surface area contributed by atoms with Crippen LogP contribution in [-0.2, 0) is 4.74 Å². The van der Waals surface area contributed by atoms with Crippen LogP contribution in [0, 0.1) is 5.41 Å². The van der Waals surface area contributed by atoms with Gasteiger partial charge in [0.05, 0.1) is 48.7 Å². The fourth-order valence-electron chi connectivity index (χ4n) is 4.79. The zero-order valence-electron chi connectivity index (χ0n) is 24.0. The summed E-state index contributed by atoms with van der Waals surface area (Å²) in [7, 11) is 1.32. The molecule has 0 bridgehead atoms. The van der Waals surface area contributed by atoms with Gasteiger partial charge in [-0.3, -0.25) is 9.48 Å². The average Bonchev–Trinajstić information content (AvgIpc) is 3.63. The van der Waals surface area contributed by atoms with E-state index in [0.29, 0.717) is 5.56 Å². The van der Waals surface area contributed by atoms with E-state index in [-0.39, 0.29) is 29.7 Å². The summed E-state index contributed by atoms with van der Waals surface area (Å²) in [5.74, 6) is -0.653. The first-order chi connectivity index (χ1) is 19.9. The van der Waals surface area contributed by atoms with E-state index >= 15 is 0 Å². The van der Waals surface area contributed by atoms with E-state index in [0.717, 1.165) is 18.7 Å². The van der Waals surface area contributed by atoms with Gasteiger partial charge in [-0.05, 0) is 32.4 Å². The Labute approximate surface area is 242 Å². The molecule has 3 amide bonds. The molecule has 17 heteroatoms. The summed E-state index contributed by atoms with van der Waals surface area (Å²) in [6, 6.07) is -2.47. The molecule has 1 aliphatic heterocycles. The van der Waals surface area contributed by atoms with Crippen molar-refractivity contribution in [3.63, 3.8) is 0 Å². The normalized spacial score (nSPS) is 17.9. The first kappa shape index (κ1) is 32.0. The van der Waals surface area contributed by atoms with Crippen molar-refractivity contribution in [2.75, 3.05) is 20.3 Å². The monoisotopic (exact) mass is 618 g/mol. The number of halogens is 6. The van der Waals surface area contributed by atoms with E-state index in [2.05, 4.69) is 20.5 Å². The highest BCUT2D eigenvalue weighted by Gasteiger charge is 2.50. The van der Waals surface area contributed by atoms with Crippen LogP contribution in [0.3, 0.4) is 0 Å². The third-order valence-electron chi connectivity index (χ3n) is 7.31. The fraction of sp³-hybridized carbons (Fsp3) is 0.577. The Hall–Kier alpha value is -3.89. The Morgan fingerprint density at radius 3 is 2.47 bits per heavy atom. The van der Waals surface area contributed by atoms with Crippen LogP contribution in [0.2, 0.25) is 0 Å². The first-order valence-corrected chi connectivity index (χ1v) is 13.3. The van der Waals surface area contributed by atoms with E-state index in [4.69, 9.17) is 4.74 Å². The second kappa shape index (κ2) is 11.7. The number of amides is 3. The van der Waals surface area contributed by atoms with Gasteiger partial charge in [-0.15, -0.1) is 0 Å². The van der Waals surface area contributed by atoms with Gasteiger partial charge in [-0.25, -0.2) is 14.3 Å². The third-order valence-corrected chi connectivity index (χ3v) is 7.31. The quantitative estimate of drug-likeness (QED) is 0.321. The molecule has 1 aliphatic rings. The number of methoxy groups -OCH3 is 1. The Bertz CT molecular complexity index is 1460. The van der Waals surface area contributed by atoms with Crippen LogP contribution in [0.5, 0.6) is 0 Å². The third kappa shape index (κ3) is 6.70. The molecule has 0 aliphatic carbocycles. The maximum atomic E-state index is 13.9. The van der Waals surface area contributed by atoms with Crippen molar-refractivity contribution in [3.8, 4) is 0 Å². The van der Waals surface area contributed by atoms with E-state index in [1.54, 1.807) is 13.8 Å². The highest BCUT2D eigenvalue weighted by Crippen LogP contribution is 2.44. The number of rotatable bonds is 10. The summed E-state index contributed by atoms with van der Waals surface area (Å²) >= 11 is 0. The lowest BCUT2D eigenvalue weighted by molar-refractivity contribution is -0.215. The molecule has 43 heavy (non-hydrogen) atoms.